The first-order valence-electron chi connectivity index (χ1n) is 5.35. The minimum atomic E-state index is -0.349. The quantitative estimate of drug-likeness (QED) is 0.568. The zero-order chi connectivity index (χ0) is 11.3. The fourth-order valence-electron chi connectivity index (χ4n) is 2.22. The van der Waals surface area contributed by atoms with Gasteiger partial charge in [-0.25, -0.2) is 0 Å². The third-order valence-corrected chi connectivity index (χ3v) is 3.40. The van der Waals surface area contributed by atoms with Crippen molar-refractivity contribution in [2.45, 2.75) is 19.3 Å². The van der Waals surface area contributed by atoms with Crippen LogP contribution < -0.4 is 10.6 Å². The molecule has 82 valence electrons. The van der Waals surface area contributed by atoms with E-state index >= 15 is 0 Å². The summed E-state index contributed by atoms with van der Waals surface area (Å²) in [5.41, 5.74) is 6.48. The molecule has 0 radical (unpaired) electrons. The third kappa shape index (κ3) is 1.16. The maximum Gasteiger partial charge on any atom is 0.240 e. The topological polar surface area (TPSA) is 63.4 Å². The van der Waals surface area contributed by atoms with Gasteiger partial charge in [0.2, 0.25) is 11.8 Å². The van der Waals surface area contributed by atoms with Gasteiger partial charge in [0.05, 0.1) is 11.1 Å². The smallest absolute Gasteiger partial charge is 0.240 e. The monoisotopic (exact) mass is 216 g/mol. The molecule has 3 rings (SSSR count). The van der Waals surface area contributed by atoms with Gasteiger partial charge < -0.3 is 5.73 Å². The number of nitrogens with zero attached hydrogens (tertiary/aromatic N) is 1. The molecule has 0 aromatic heterocycles. The van der Waals surface area contributed by atoms with Crippen molar-refractivity contribution in [2.24, 2.45) is 5.41 Å². The van der Waals surface area contributed by atoms with Gasteiger partial charge in [-0.2, -0.15) is 0 Å². The third-order valence-electron chi connectivity index (χ3n) is 3.40. The molecule has 16 heavy (non-hydrogen) atoms. The summed E-state index contributed by atoms with van der Waals surface area (Å²) in [6.07, 6.45) is 2.07. The number of hydrogen-bond acceptors (Lipinski definition) is 3. The van der Waals surface area contributed by atoms with Crippen LogP contribution in [0.25, 0.3) is 0 Å². The van der Waals surface area contributed by atoms with E-state index in [9.17, 15) is 9.59 Å². The molecule has 2 amide bonds. The molecule has 4 heteroatoms. The lowest BCUT2D eigenvalue weighted by Crippen LogP contribution is -2.30. The molecule has 1 aliphatic carbocycles. The van der Waals surface area contributed by atoms with E-state index in [2.05, 4.69) is 0 Å². The van der Waals surface area contributed by atoms with Gasteiger partial charge in [-0.1, -0.05) is 0 Å². The number of carbonyl (C=O) groups is 2. The molecule has 1 heterocycles. The number of amides is 2. The lowest BCUT2D eigenvalue weighted by Gasteiger charge is -2.14. The van der Waals surface area contributed by atoms with Gasteiger partial charge in [0, 0.05) is 12.1 Å². The Balaban J connectivity index is 1.98. The highest BCUT2D eigenvalue weighted by Gasteiger charge is 2.59. The zero-order valence-electron chi connectivity index (χ0n) is 8.77. The van der Waals surface area contributed by atoms with E-state index in [-0.39, 0.29) is 17.2 Å². The Bertz CT molecular complexity index is 474. The molecule has 0 atom stereocenters. The maximum atomic E-state index is 12.1. The Labute approximate surface area is 93.0 Å². The molecule has 2 N–H and O–H groups in total. The van der Waals surface area contributed by atoms with Crippen molar-refractivity contribution in [2.75, 3.05) is 10.6 Å². The highest BCUT2D eigenvalue weighted by molar-refractivity contribution is 6.23. The molecule has 4 nitrogen and oxygen atoms in total. The second-order valence-corrected chi connectivity index (χ2v) is 4.58. The van der Waals surface area contributed by atoms with Crippen LogP contribution in [0, 0.1) is 5.41 Å². The predicted octanol–water partition coefficient (Wildman–Crippen LogP) is 1.31. The van der Waals surface area contributed by atoms with E-state index in [1.807, 2.05) is 0 Å². The first-order chi connectivity index (χ1) is 7.62. The van der Waals surface area contributed by atoms with Crippen LogP contribution in [0.15, 0.2) is 24.3 Å². The van der Waals surface area contributed by atoms with Gasteiger partial charge in [0.15, 0.2) is 0 Å². The van der Waals surface area contributed by atoms with Crippen LogP contribution in [0.3, 0.4) is 0 Å². The fraction of sp³-hybridized carbons (Fsp3) is 0.333. The molecule has 1 saturated heterocycles. The lowest BCUT2D eigenvalue weighted by atomic mass is 10.1. The summed E-state index contributed by atoms with van der Waals surface area (Å²) in [6, 6.07) is 6.83. The fourth-order valence-corrected chi connectivity index (χ4v) is 2.22. The summed E-state index contributed by atoms with van der Waals surface area (Å²) in [7, 11) is 0. The first kappa shape index (κ1) is 9.39. The van der Waals surface area contributed by atoms with E-state index in [0.717, 1.165) is 12.8 Å². The number of carbonyl (C=O) groups excluding carboxylic acids is 2. The SMILES string of the molecule is Nc1ccc(N2C(=O)CC3(CC3)C2=O)cc1. The Morgan fingerprint density at radius 2 is 1.75 bits per heavy atom. The van der Waals surface area contributed by atoms with E-state index in [1.54, 1.807) is 24.3 Å². The molecule has 1 aliphatic heterocycles. The van der Waals surface area contributed by atoms with E-state index < -0.39 is 0 Å². The minimum Gasteiger partial charge on any atom is -0.399 e. The highest BCUT2D eigenvalue weighted by Crippen LogP contribution is 2.54. The van der Waals surface area contributed by atoms with Crippen molar-refractivity contribution in [3.63, 3.8) is 0 Å². The molecule has 2 fully saturated rings. The molecule has 0 bridgehead atoms. The van der Waals surface area contributed by atoms with Gasteiger partial charge in [0.1, 0.15) is 0 Å². The standard InChI is InChI=1S/C12H12N2O2/c13-8-1-3-9(4-2-8)14-10(15)7-12(5-6-12)11(14)16/h1-4H,5-7,13H2. The second-order valence-electron chi connectivity index (χ2n) is 4.58. The predicted molar refractivity (Wildman–Crippen MR) is 59.6 cm³/mol. The lowest BCUT2D eigenvalue weighted by molar-refractivity contribution is -0.122. The summed E-state index contributed by atoms with van der Waals surface area (Å²) in [5.74, 6) is -0.130. The van der Waals surface area contributed by atoms with Crippen molar-refractivity contribution in [3.05, 3.63) is 24.3 Å². The molecule has 2 aliphatic rings. The van der Waals surface area contributed by atoms with Crippen molar-refractivity contribution in [1.29, 1.82) is 0 Å². The van der Waals surface area contributed by atoms with Crippen molar-refractivity contribution in [1.82, 2.24) is 0 Å². The summed E-state index contributed by atoms with van der Waals surface area (Å²) in [6.45, 7) is 0. The van der Waals surface area contributed by atoms with Crippen molar-refractivity contribution in [3.8, 4) is 0 Å². The molecule has 1 saturated carbocycles. The zero-order valence-corrected chi connectivity index (χ0v) is 8.77. The van der Waals surface area contributed by atoms with E-state index in [1.165, 1.54) is 4.90 Å². The van der Waals surface area contributed by atoms with E-state index in [0.29, 0.717) is 17.8 Å². The molecular formula is C12H12N2O2. The van der Waals surface area contributed by atoms with Crippen LogP contribution in [0.4, 0.5) is 11.4 Å². The summed E-state index contributed by atoms with van der Waals surface area (Å²) < 4.78 is 0. The highest BCUT2D eigenvalue weighted by atomic mass is 16.2. The number of anilines is 2. The van der Waals surface area contributed by atoms with Gasteiger partial charge >= 0.3 is 0 Å². The van der Waals surface area contributed by atoms with Gasteiger partial charge in [-0.15, -0.1) is 0 Å². The van der Waals surface area contributed by atoms with Crippen LogP contribution in [0.1, 0.15) is 19.3 Å². The summed E-state index contributed by atoms with van der Waals surface area (Å²) in [4.78, 5) is 25.2. The van der Waals surface area contributed by atoms with Crippen LogP contribution in [0.2, 0.25) is 0 Å². The normalized spacial score (nSPS) is 21.9. The summed E-state index contributed by atoms with van der Waals surface area (Å²) in [5, 5.41) is 0. The largest absolute Gasteiger partial charge is 0.399 e. The number of imide groups is 1. The number of rotatable bonds is 1. The summed E-state index contributed by atoms with van der Waals surface area (Å²) >= 11 is 0. The van der Waals surface area contributed by atoms with E-state index in [4.69, 9.17) is 5.73 Å². The van der Waals surface area contributed by atoms with Crippen LogP contribution in [0.5, 0.6) is 0 Å². The number of benzene rings is 1. The van der Waals surface area contributed by atoms with Gasteiger partial charge in [0.25, 0.3) is 0 Å². The van der Waals surface area contributed by atoms with Crippen molar-refractivity contribution >= 4 is 23.2 Å². The maximum absolute atomic E-state index is 12.1. The Kier molecular flexibility index (Phi) is 1.67. The average Bonchev–Trinajstić information content (AvgIpc) is 2.97. The number of hydrogen-bond donors (Lipinski definition) is 1. The first-order valence-corrected chi connectivity index (χ1v) is 5.35. The number of nitrogens with two attached hydrogens (primary N) is 1. The van der Waals surface area contributed by atoms with Gasteiger partial charge in [-0.05, 0) is 37.1 Å². The Morgan fingerprint density at radius 3 is 2.25 bits per heavy atom. The van der Waals surface area contributed by atoms with Crippen LogP contribution in [-0.2, 0) is 9.59 Å². The molecular weight excluding hydrogens is 204 g/mol. The Hall–Kier alpha value is -1.84. The minimum absolute atomic E-state index is 0.0396. The van der Waals surface area contributed by atoms with Crippen LogP contribution >= 0.6 is 0 Å². The molecule has 1 spiro atoms. The van der Waals surface area contributed by atoms with Crippen LogP contribution in [-0.4, -0.2) is 11.8 Å². The molecule has 0 unspecified atom stereocenters. The molecule has 1 aromatic rings. The molecule has 1 aromatic carbocycles. The Morgan fingerprint density at radius 1 is 1.12 bits per heavy atom. The average molecular weight is 216 g/mol. The van der Waals surface area contributed by atoms with Crippen molar-refractivity contribution < 1.29 is 9.59 Å². The second kappa shape index (κ2) is 2.84. The van der Waals surface area contributed by atoms with Gasteiger partial charge in [-0.3, -0.25) is 14.5 Å². The number of nitrogen functional groups attached to an aromatic ring is 1.